The van der Waals surface area contributed by atoms with E-state index in [1.165, 1.54) is 25.7 Å². The van der Waals surface area contributed by atoms with E-state index >= 15 is 0 Å². The van der Waals surface area contributed by atoms with Crippen molar-refractivity contribution in [2.24, 2.45) is 11.8 Å². The Morgan fingerprint density at radius 3 is 3.00 bits per heavy atom. The molecule has 3 unspecified atom stereocenters. The standard InChI is InChI=1S/C12H19N3O/c1-13-5-4-11-14-12(15-16-11)10-7-8-2-3-9(10)6-8/h8-10,13H,2-7H2,1H3. The zero-order valence-corrected chi connectivity index (χ0v) is 9.78. The van der Waals surface area contributed by atoms with Crippen LogP contribution < -0.4 is 5.32 Å². The van der Waals surface area contributed by atoms with Crippen LogP contribution in [0.15, 0.2) is 4.52 Å². The third kappa shape index (κ3) is 1.75. The number of nitrogens with zero attached hydrogens (tertiary/aromatic N) is 2. The predicted molar refractivity (Wildman–Crippen MR) is 60.1 cm³/mol. The average Bonchev–Trinajstić information content (AvgIpc) is 3.01. The molecule has 0 spiro atoms. The second-order valence-electron chi connectivity index (χ2n) is 5.18. The maximum absolute atomic E-state index is 5.29. The summed E-state index contributed by atoms with van der Waals surface area (Å²) in [5, 5.41) is 7.25. The van der Waals surface area contributed by atoms with E-state index in [0.29, 0.717) is 5.92 Å². The number of hydrogen-bond donors (Lipinski definition) is 1. The third-order valence-corrected chi connectivity index (χ3v) is 4.14. The number of likely N-dealkylation sites (N-methyl/N-ethyl adjacent to an activating group) is 1. The van der Waals surface area contributed by atoms with Gasteiger partial charge >= 0.3 is 0 Å². The summed E-state index contributed by atoms with van der Waals surface area (Å²) in [5.74, 6) is 4.12. The number of hydrogen-bond acceptors (Lipinski definition) is 4. The van der Waals surface area contributed by atoms with Crippen LogP contribution in [-0.2, 0) is 6.42 Å². The maximum atomic E-state index is 5.29. The fourth-order valence-corrected chi connectivity index (χ4v) is 3.31. The van der Waals surface area contributed by atoms with E-state index in [1.807, 2.05) is 7.05 Å². The molecular formula is C12H19N3O. The molecule has 2 aliphatic carbocycles. The van der Waals surface area contributed by atoms with Crippen LogP contribution in [0.1, 0.15) is 43.3 Å². The third-order valence-electron chi connectivity index (χ3n) is 4.14. The maximum Gasteiger partial charge on any atom is 0.227 e. The van der Waals surface area contributed by atoms with E-state index in [-0.39, 0.29) is 0 Å². The lowest BCUT2D eigenvalue weighted by atomic mass is 9.88. The van der Waals surface area contributed by atoms with E-state index in [4.69, 9.17) is 4.52 Å². The molecule has 1 heterocycles. The molecule has 1 aromatic rings. The topological polar surface area (TPSA) is 51.0 Å². The van der Waals surface area contributed by atoms with Crippen LogP contribution in [0, 0.1) is 11.8 Å². The summed E-state index contributed by atoms with van der Waals surface area (Å²) in [6, 6.07) is 0. The van der Waals surface area contributed by atoms with Gasteiger partial charge in [0, 0.05) is 18.9 Å². The van der Waals surface area contributed by atoms with Gasteiger partial charge in [-0.25, -0.2) is 0 Å². The van der Waals surface area contributed by atoms with Crippen molar-refractivity contribution >= 4 is 0 Å². The van der Waals surface area contributed by atoms with Crippen molar-refractivity contribution in [2.45, 2.75) is 38.0 Å². The Labute approximate surface area is 95.8 Å². The molecule has 0 saturated heterocycles. The summed E-state index contributed by atoms with van der Waals surface area (Å²) >= 11 is 0. The molecule has 0 amide bonds. The fraction of sp³-hybridized carbons (Fsp3) is 0.833. The number of rotatable bonds is 4. The largest absolute Gasteiger partial charge is 0.339 e. The SMILES string of the molecule is CNCCc1nc(C2CC3CCC2C3)no1. The van der Waals surface area contributed by atoms with Gasteiger partial charge in [0.2, 0.25) is 5.89 Å². The Hall–Kier alpha value is -0.900. The van der Waals surface area contributed by atoms with Gasteiger partial charge in [0.05, 0.1) is 0 Å². The van der Waals surface area contributed by atoms with Gasteiger partial charge in [0.15, 0.2) is 5.82 Å². The van der Waals surface area contributed by atoms with Crippen LogP contribution >= 0.6 is 0 Å². The number of nitrogens with one attached hydrogen (secondary N) is 1. The number of fused-ring (bicyclic) bond motifs is 2. The average molecular weight is 221 g/mol. The Morgan fingerprint density at radius 1 is 1.38 bits per heavy atom. The molecule has 3 atom stereocenters. The van der Waals surface area contributed by atoms with E-state index in [9.17, 15) is 0 Å². The van der Waals surface area contributed by atoms with Crippen LogP contribution in [0.4, 0.5) is 0 Å². The van der Waals surface area contributed by atoms with Gasteiger partial charge in [0.1, 0.15) is 0 Å². The smallest absolute Gasteiger partial charge is 0.227 e. The first-order valence-electron chi connectivity index (χ1n) is 6.34. The molecule has 3 rings (SSSR count). The summed E-state index contributed by atoms with van der Waals surface area (Å²) in [4.78, 5) is 4.53. The molecule has 0 aromatic carbocycles. The molecule has 2 fully saturated rings. The molecule has 0 radical (unpaired) electrons. The molecule has 2 saturated carbocycles. The summed E-state index contributed by atoms with van der Waals surface area (Å²) in [6.45, 7) is 0.901. The summed E-state index contributed by atoms with van der Waals surface area (Å²) in [5.41, 5.74) is 0. The Morgan fingerprint density at radius 2 is 2.31 bits per heavy atom. The predicted octanol–water partition coefficient (Wildman–Crippen LogP) is 1.74. The van der Waals surface area contributed by atoms with Crippen LogP contribution in [-0.4, -0.2) is 23.7 Å². The number of aromatic nitrogens is 2. The first-order valence-corrected chi connectivity index (χ1v) is 6.34. The van der Waals surface area contributed by atoms with Crippen molar-refractivity contribution in [1.29, 1.82) is 0 Å². The summed E-state index contributed by atoms with van der Waals surface area (Å²) in [7, 11) is 1.94. The highest BCUT2D eigenvalue weighted by Crippen LogP contribution is 2.52. The highest BCUT2D eigenvalue weighted by molar-refractivity contribution is 5.06. The quantitative estimate of drug-likeness (QED) is 0.841. The van der Waals surface area contributed by atoms with Crippen molar-refractivity contribution in [1.82, 2.24) is 15.5 Å². The van der Waals surface area contributed by atoms with Crippen LogP contribution in [0.3, 0.4) is 0 Å². The zero-order valence-electron chi connectivity index (χ0n) is 9.78. The van der Waals surface area contributed by atoms with Gasteiger partial charge in [-0.05, 0) is 38.1 Å². The molecule has 2 bridgehead atoms. The zero-order chi connectivity index (χ0) is 11.0. The van der Waals surface area contributed by atoms with Gasteiger partial charge in [-0.2, -0.15) is 4.98 Å². The molecule has 16 heavy (non-hydrogen) atoms. The molecular weight excluding hydrogens is 202 g/mol. The highest BCUT2D eigenvalue weighted by Gasteiger charge is 2.42. The van der Waals surface area contributed by atoms with E-state index in [0.717, 1.165) is 36.5 Å². The second-order valence-corrected chi connectivity index (χ2v) is 5.18. The fourth-order valence-electron chi connectivity index (χ4n) is 3.31. The van der Waals surface area contributed by atoms with Gasteiger partial charge < -0.3 is 9.84 Å². The summed E-state index contributed by atoms with van der Waals surface area (Å²) in [6.07, 6.45) is 6.31. The molecule has 0 aliphatic heterocycles. The normalized spacial score (nSPS) is 32.4. The Kier molecular flexibility index (Phi) is 2.67. The molecule has 4 heteroatoms. The van der Waals surface area contributed by atoms with Gasteiger partial charge in [-0.3, -0.25) is 0 Å². The van der Waals surface area contributed by atoms with Gasteiger partial charge in [-0.15, -0.1) is 0 Å². The van der Waals surface area contributed by atoms with E-state index < -0.39 is 0 Å². The van der Waals surface area contributed by atoms with Crippen molar-refractivity contribution in [3.05, 3.63) is 11.7 Å². The van der Waals surface area contributed by atoms with Crippen molar-refractivity contribution in [3.63, 3.8) is 0 Å². The lowest BCUT2D eigenvalue weighted by molar-refractivity contribution is 0.351. The second kappa shape index (κ2) is 4.17. The lowest BCUT2D eigenvalue weighted by Crippen LogP contribution is -2.12. The van der Waals surface area contributed by atoms with Gasteiger partial charge in [-0.1, -0.05) is 11.6 Å². The van der Waals surface area contributed by atoms with E-state index in [2.05, 4.69) is 15.5 Å². The van der Waals surface area contributed by atoms with E-state index in [1.54, 1.807) is 0 Å². The Bertz CT molecular complexity index is 363. The minimum atomic E-state index is 0.589. The van der Waals surface area contributed by atoms with Crippen molar-refractivity contribution in [3.8, 4) is 0 Å². The molecule has 2 aliphatic rings. The van der Waals surface area contributed by atoms with Gasteiger partial charge in [0.25, 0.3) is 0 Å². The van der Waals surface area contributed by atoms with Crippen LogP contribution in [0.5, 0.6) is 0 Å². The van der Waals surface area contributed by atoms with Crippen molar-refractivity contribution in [2.75, 3.05) is 13.6 Å². The minimum absolute atomic E-state index is 0.589. The first-order chi connectivity index (χ1) is 7.86. The monoisotopic (exact) mass is 221 g/mol. The molecule has 4 nitrogen and oxygen atoms in total. The highest BCUT2D eigenvalue weighted by atomic mass is 16.5. The minimum Gasteiger partial charge on any atom is -0.339 e. The van der Waals surface area contributed by atoms with Crippen molar-refractivity contribution < 1.29 is 4.52 Å². The van der Waals surface area contributed by atoms with Crippen LogP contribution in [0.25, 0.3) is 0 Å². The Balaban J connectivity index is 1.68. The molecule has 1 aromatic heterocycles. The lowest BCUT2D eigenvalue weighted by Gasteiger charge is -2.17. The first kappa shape index (κ1) is 10.3. The molecule has 1 N–H and O–H groups in total. The van der Waals surface area contributed by atoms with Crippen LogP contribution in [0.2, 0.25) is 0 Å². The summed E-state index contributed by atoms with van der Waals surface area (Å²) < 4.78 is 5.29. The molecule has 88 valence electrons.